The fourth-order valence-electron chi connectivity index (χ4n) is 2.29. The third-order valence-electron chi connectivity index (χ3n) is 3.70. The van der Waals surface area contributed by atoms with Crippen molar-refractivity contribution in [2.24, 2.45) is 0 Å². The molecule has 0 saturated heterocycles. The van der Waals surface area contributed by atoms with Gasteiger partial charge in [0.25, 0.3) is 5.56 Å². The fraction of sp³-hybridized carbons (Fsp3) is 0.467. The zero-order chi connectivity index (χ0) is 19.1. The first-order valence-corrected chi connectivity index (χ1v) is 8.02. The van der Waals surface area contributed by atoms with Gasteiger partial charge in [-0.2, -0.15) is 0 Å². The third-order valence-corrected chi connectivity index (χ3v) is 3.70. The van der Waals surface area contributed by atoms with Gasteiger partial charge in [0.05, 0.1) is 13.0 Å². The highest BCUT2D eigenvalue weighted by molar-refractivity contribution is 5.80. The predicted molar refractivity (Wildman–Crippen MR) is 89.4 cm³/mol. The number of carboxylic acid groups (broad SMARTS) is 1. The molecule has 2 rings (SSSR count). The number of carboxylic acids is 1. The first-order valence-electron chi connectivity index (χ1n) is 8.02. The average molecular weight is 364 g/mol. The van der Waals surface area contributed by atoms with Crippen molar-refractivity contribution in [3.05, 3.63) is 34.1 Å². The molecule has 0 aliphatic carbocycles. The number of nitrogens with zero attached hydrogens (tertiary/aromatic N) is 4. The van der Waals surface area contributed by atoms with Gasteiger partial charge in [-0.25, -0.2) is 9.61 Å². The molecule has 0 aliphatic heterocycles. The summed E-state index contributed by atoms with van der Waals surface area (Å²) >= 11 is 0. The molecule has 0 bridgehead atoms. The van der Waals surface area contributed by atoms with Crippen LogP contribution in [-0.4, -0.2) is 43.4 Å². The van der Waals surface area contributed by atoms with Crippen molar-refractivity contribution < 1.29 is 19.3 Å². The molecule has 0 aliphatic rings. The van der Waals surface area contributed by atoms with Crippen molar-refractivity contribution >= 4 is 17.7 Å². The Morgan fingerprint density at radius 1 is 1.38 bits per heavy atom. The van der Waals surface area contributed by atoms with Gasteiger partial charge in [-0.3, -0.25) is 19.0 Å². The molecule has 1 unspecified atom stereocenters. The van der Waals surface area contributed by atoms with Crippen LogP contribution in [0.1, 0.15) is 37.2 Å². The van der Waals surface area contributed by atoms with Crippen LogP contribution < -0.4 is 16.2 Å². The third kappa shape index (κ3) is 4.65. The Bertz CT molecular complexity index is 830. The number of nitrogens with one attached hydrogen (secondary N) is 2. The highest BCUT2D eigenvalue weighted by Crippen LogP contribution is 2.10. The van der Waals surface area contributed by atoms with E-state index in [0.29, 0.717) is 17.8 Å². The maximum Gasteiger partial charge on any atom is 0.305 e. The minimum atomic E-state index is -1.01. The summed E-state index contributed by atoms with van der Waals surface area (Å²) in [6.07, 6.45) is 2.99. The van der Waals surface area contributed by atoms with Gasteiger partial charge in [0.1, 0.15) is 17.4 Å². The predicted octanol–water partition coefficient (Wildman–Crippen LogP) is 0.0888. The van der Waals surface area contributed by atoms with Crippen LogP contribution >= 0.6 is 0 Å². The van der Waals surface area contributed by atoms with Crippen molar-refractivity contribution in [1.82, 2.24) is 25.2 Å². The number of carbonyl (C=O) groups excluding carboxylic acids is 1. The zero-order valence-electron chi connectivity index (χ0n) is 14.4. The van der Waals surface area contributed by atoms with Gasteiger partial charge in [0.2, 0.25) is 5.91 Å². The van der Waals surface area contributed by atoms with Crippen LogP contribution in [0.2, 0.25) is 0 Å². The Kier molecular flexibility index (Phi) is 6.42. The molecule has 0 fully saturated rings. The van der Waals surface area contributed by atoms with Gasteiger partial charge >= 0.3 is 5.97 Å². The lowest BCUT2D eigenvalue weighted by Crippen LogP contribution is -2.38. The van der Waals surface area contributed by atoms with E-state index in [4.69, 9.17) is 5.11 Å². The first kappa shape index (κ1) is 19.1. The van der Waals surface area contributed by atoms with E-state index in [0.717, 1.165) is 0 Å². The highest BCUT2D eigenvalue weighted by atomic mass is 16.6. The number of hydrogen-bond acceptors (Lipinski definition) is 8. The van der Waals surface area contributed by atoms with E-state index in [1.807, 2.05) is 0 Å². The normalized spacial score (nSPS) is 11.8. The SMILES string of the molecule is CCC(C(=O)NCCC(=O)O)n1ccnc(NCc2nonc2C)c1=O. The number of aliphatic carboxylic acids is 1. The van der Waals surface area contributed by atoms with Crippen LogP contribution in [0.5, 0.6) is 0 Å². The Balaban J connectivity index is 2.12. The lowest BCUT2D eigenvalue weighted by molar-refractivity contribution is -0.137. The molecule has 3 N–H and O–H groups in total. The molecule has 1 amide bonds. The van der Waals surface area contributed by atoms with Gasteiger partial charge in [-0.15, -0.1) is 0 Å². The molecule has 140 valence electrons. The Labute approximate surface area is 148 Å². The Morgan fingerprint density at radius 3 is 2.77 bits per heavy atom. The van der Waals surface area contributed by atoms with Crippen LogP contribution in [-0.2, 0) is 16.1 Å². The lowest BCUT2D eigenvalue weighted by atomic mass is 10.2. The van der Waals surface area contributed by atoms with Gasteiger partial charge in [0.15, 0.2) is 5.82 Å². The van der Waals surface area contributed by atoms with Gasteiger partial charge in [0, 0.05) is 18.9 Å². The van der Waals surface area contributed by atoms with Crippen molar-refractivity contribution in [2.75, 3.05) is 11.9 Å². The molecule has 11 heteroatoms. The Hall–Kier alpha value is -3.24. The van der Waals surface area contributed by atoms with E-state index >= 15 is 0 Å². The van der Waals surface area contributed by atoms with E-state index in [-0.39, 0.29) is 25.3 Å². The van der Waals surface area contributed by atoms with E-state index in [2.05, 4.69) is 30.6 Å². The molecule has 2 heterocycles. The number of aromatic nitrogens is 4. The summed E-state index contributed by atoms with van der Waals surface area (Å²) in [5.74, 6) is -1.38. The largest absolute Gasteiger partial charge is 0.481 e. The van der Waals surface area contributed by atoms with E-state index in [1.54, 1.807) is 13.8 Å². The number of anilines is 1. The van der Waals surface area contributed by atoms with Crippen molar-refractivity contribution in [2.45, 2.75) is 39.3 Å². The summed E-state index contributed by atoms with van der Waals surface area (Å²) in [6, 6.07) is -0.768. The Morgan fingerprint density at radius 2 is 2.15 bits per heavy atom. The average Bonchev–Trinajstić information content (AvgIpc) is 3.00. The molecule has 11 nitrogen and oxygen atoms in total. The fourth-order valence-corrected chi connectivity index (χ4v) is 2.29. The summed E-state index contributed by atoms with van der Waals surface area (Å²) in [6.45, 7) is 3.67. The van der Waals surface area contributed by atoms with Crippen LogP contribution in [0.25, 0.3) is 0 Å². The summed E-state index contributed by atoms with van der Waals surface area (Å²) < 4.78 is 5.85. The molecule has 26 heavy (non-hydrogen) atoms. The number of aryl methyl sites for hydroxylation is 1. The van der Waals surface area contributed by atoms with Gasteiger partial charge in [-0.1, -0.05) is 17.2 Å². The summed E-state index contributed by atoms with van der Waals surface area (Å²) in [7, 11) is 0. The monoisotopic (exact) mass is 364 g/mol. The quantitative estimate of drug-likeness (QED) is 0.562. The molecular weight excluding hydrogens is 344 g/mol. The molecule has 0 aromatic carbocycles. The summed E-state index contributed by atoms with van der Waals surface area (Å²) in [5.41, 5.74) is 0.667. The van der Waals surface area contributed by atoms with E-state index in [9.17, 15) is 14.4 Å². The highest BCUT2D eigenvalue weighted by Gasteiger charge is 2.21. The summed E-state index contributed by atoms with van der Waals surface area (Å²) in [4.78, 5) is 39.4. The van der Waals surface area contributed by atoms with Gasteiger partial charge < -0.3 is 15.7 Å². The maximum atomic E-state index is 12.6. The van der Waals surface area contributed by atoms with Crippen LogP contribution in [0.4, 0.5) is 5.82 Å². The van der Waals surface area contributed by atoms with E-state index < -0.39 is 23.5 Å². The zero-order valence-corrected chi connectivity index (χ0v) is 14.4. The van der Waals surface area contributed by atoms with Crippen LogP contribution in [0.15, 0.2) is 21.8 Å². The first-order chi connectivity index (χ1) is 12.4. The molecule has 1 atom stereocenters. The second-order valence-corrected chi connectivity index (χ2v) is 5.50. The smallest absolute Gasteiger partial charge is 0.305 e. The number of carbonyl (C=O) groups is 2. The van der Waals surface area contributed by atoms with Crippen LogP contribution in [0.3, 0.4) is 0 Å². The van der Waals surface area contributed by atoms with Crippen LogP contribution in [0, 0.1) is 6.92 Å². The number of rotatable bonds is 9. The van der Waals surface area contributed by atoms with Gasteiger partial charge in [-0.05, 0) is 13.3 Å². The molecular formula is C15H20N6O5. The lowest BCUT2D eigenvalue weighted by Gasteiger charge is -2.18. The minimum Gasteiger partial charge on any atom is -0.481 e. The second-order valence-electron chi connectivity index (χ2n) is 5.50. The van der Waals surface area contributed by atoms with E-state index in [1.165, 1.54) is 17.0 Å². The second kappa shape index (κ2) is 8.74. The van der Waals surface area contributed by atoms with Crippen molar-refractivity contribution in [3.63, 3.8) is 0 Å². The van der Waals surface area contributed by atoms with Crippen molar-refractivity contribution in [1.29, 1.82) is 0 Å². The molecule has 2 aromatic heterocycles. The standard InChI is InChI=1S/C15H20N6O5/c1-3-11(14(24)17-5-4-12(22)23)21-7-6-16-13(15(21)25)18-8-10-9(2)19-26-20-10/h6-7,11H,3-5,8H2,1-2H3,(H,16,18)(H,17,24)(H,22,23). The summed E-state index contributed by atoms with van der Waals surface area (Å²) in [5, 5.41) is 21.4. The number of amides is 1. The molecule has 0 saturated carbocycles. The maximum absolute atomic E-state index is 12.6. The minimum absolute atomic E-state index is 0.00591. The molecule has 0 spiro atoms. The number of hydrogen-bond donors (Lipinski definition) is 3. The molecule has 2 aromatic rings. The topological polar surface area (TPSA) is 152 Å². The molecule has 0 radical (unpaired) electrons. The van der Waals surface area contributed by atoms with Crippen molar-refractivity contribution in [3.8, 4) is 0 Å².